The first-order chi connectivity index (χ1) is 6.49. The van der Waals surface area contributed by atoms with Crippen LogP contribution in [0.4, 0.5) is 0 Å². The van der Waals surface area contributed by atoms with Crippen molar-refractivity contribution >= 4 is 0 Å². The average Bonchev–Trinajstić information content (AvgIpc) is 2.45. The van der Waals surface area contributed by atoms with Crippen LogP contribution in [0.3, 0.4) is 0 Å². The summed E-state index contributed by atoms with van der Waals surface area (Å²) >= 11 is 0. The van der Waals surface area contributed by atoms with E-state index in [-0.39, 0.29) is 5.54 Å². The molecule has 0 aromatic carbocycles. The van der Waals surface area contributed by atoms with E-state index in [4.69, 9.17) is 5.73 Å². The molecule has 2 aliphatic rings. The first-order valence-electron chi connectivity index (χ1n) is 6.02. The highest BCUT2D eigenvalue weighted by atomic mass is 15.0. The standard InChI is InChI=1S/C12H24N2/c1-11(2)7-10(8-11)14-9-12(13)5-3-4-6-12/h10,14H,3-9,13H2,1-2H3. The van der Waals surface area contributed by atoms with Crippen LogP contribution in [0.25, 0.3) is 0 Å². The van der Waals surface area contributed by atoms with Gasteiger partial charge in [-0.2, -0.15) is 0 Å². The Morgan fingerprint density at radius 2 is 1.79 bits per heavy atom. The Labute approximate surface area is 87.6 Å². The lowest BCUT2D eigenvalue weighted by molar-refractivity contribution is 0.120. The molecule has 0 unspecified atom stereocenters. The Morgan fingerprint density at radius 3 is 2.29 bits per heavy atom. The molecule has 3 N–H and O–H groups in total. The van der Waals surface area contributed by atoms with Gasteiger partial charge in [0.25, 0.3) is 0 Å². The fourth-order valence-electron chi connectivity index (χ4n) is 3.02. The first kappa shape index (κ1) is 10.4. The van der Waals surface area contributed by atoms with E-state index in [1.807, 2.05) is 0 Å². The Balaban J connectivity index is 1.68. The summed E-state index contributed by atoms with van der Waals surface area (Å²) in [5.74, 6) is 0. The predicted octanol–water partition coefficient (Wildman–Crippen LogP) is 2.04. The zero-order chi connectivity index (χ0) is 10.2. The summed E-state index contributed by atoms with van der Waals surface area (Å²) < 4.78 is 0. The molecular weight excluding hydrogens is 172 g/mol. The molecule has 2 nitrogen and oxygen atoms in total. The maximum absolute atomic E-state index is 6.29. The van der Waals surface area contributed by atoms with Gasteiger partial charge >= 0.3 is 0 Å². The van der Waals surface area contributed by atoms with E-state index >= 15 is 0 Å². The van der Waals surface area contributed by atoms with Crippen molar-refractivity contribution in [2.75, 3.05) is 6.54 Å². The molecule has 82 valence electrons. The quantitative estimate of drug-likeness (QED) is 0.725. The number of rotatable bonds is 3. The third-order valence-corrected chi connectivity index (χ3v) is 3.94. The molecule has 0 heterocycles. The molecule has 0 aromatic heterocycles. The van der Waals surface area contributed by atoms with Gasteiger partial charge in [0.1, 0.15) is 0 Å². The fraction of sp³-hybridized carbons (Fsp3) is 1.00. The van der Waals surface area contributed by atoms with Crippen molar-refractivity contribution in [1.29, 1.82) is 0 Å². The third kappa shape index (κ3) is 2.29. The number of hydrogen-bond acceptors (Lipinski definition) is 2. The smallest absolute Gasteiger partial charge is 0.0280 e. The summed E-state index contributed by atoms with van der Waals surface area (Å²) in [6.07, 6.45) is 7.74. The summed E-state index contributed by atoms with van der Waals surface area (Å²) in [5, 5.41) is 3.63. The molecule has 2 fully saturated rings. The Hall–Kier alpha value is -0.0800. The molecule has 2 heteroatoms. The lowest BCUT2D eigenvalue weighted by atomic mass is 9.68. The molecule has 0 aromatic rings. The molecule has 0 saturated heterocycles. The summed E-state index contributed by atoms with van der Waals surface area (Å²) in [5.41, 5.74) is 6.99. The minimum Gasteiger partial charge on any atom is -0.324 e. The van der Waals surface area contributed by atoms with Crippen molar-refractivity contribution in [3.8, 4) is 0 Å². The van der Waals surface area contributed by atoms with E-state index in [1.165, 1.54) is 38.5 Å². The van der Waals surface area contributed by atoms with E-state index in [0.717, 1.165) is 12.6 Å². The minimum absolute atomic E-state index is 0.125. The van der Waals surface area contributed by atoms with Crippen molar-refractivity contribution < 1.29 is 0 Å². The Morgan fingerprint density at radius 1 is 1.21 bits per heavy atom. The summed E-state index contributed by atoms with van der Waals surface area (Å²) in [7, 11) is 0. The molecule has 0 bridgehead atoms. The van der Waals surface area contributed by atoms with Gasteiger partial charge in [0, 0.05) is 18.1 Å². The molecule has 0 spiro atoms. The molecular formula is C12H24N2. The van der Waals surface area contributed by atoms with Crippen LogP contribution in [0.2, 0.25) is 0 Å². The van der Waals surface area contributed by atoms with E-state index in [1.54, 1.807) is 0 Å². The van der Waals surface area contributed by atoms with Crippen molar-refractivity contribution in [3.63, 3.8) is 0 Å². The van der Waals surface area contributed by atoms with Gasteiger partial charge in [-0.25, -0.2) is 0 Å². The topological polar surface area (TPSA) is 38.0 Å². The monoisotopic (exact) mass is 196 g/mol. The zero-order valence-corrected chi connectivity index (χ0v) is 9.60. The van der Waals surface area contributed by atoms with Crippen molar-refractivity contribution in [3.05, 3.63) is 0 Å². The van der Waals surface area contributed by atoms with Gasteiger partial charge in [-0.3, -0.25) is 0 Å². The van der Waals surface area contributed by atoms with Gasteiger partial charge in [-0.05, 0) is 31.1 Å². The lowest BCUT2D eigenvalue weighted by Gasteiger charge is -2.44. The minimum atomic E-state index is 0.125. The second-order valence-corrected chi connectivity index (χ2v) is 6.22. The van der Waals surface area contributed by atoms with Gasteiger partial charge in [0.15, 0.2) is 0 Å². The van der Waals surface area contributed by atoms with Gasteiger partial charge in [0.05, 0.1) is 0 Å². The second kappa shape index (κ2) is 3.49. The van der Waals surface area contributed by atoms with Crippen LogP contribution in [0.1, 0.15) is 52.4 Å². The van der Waals surface area contributed by atoms with Crippen molar-refractivity contribution in [2.45, 2.75) is 64.0 Å². The summed E-state index contributed by atoms with van der Waals surface area (Å²) in [6.45, 7) is 5.73. The largest absolute Gasteiger partial charge is 0.324 e. The summed E-state index contributed by atoms with van der Waals surface area (Å²) in [4.78, 5) is 0. The molecule has 0 atom stereocenters. The zero-order valence-electron chi connectivity index (χ0n) is 9.60. The van der Waals surface area contributed by atoms with E-state index < -0.39 is 0 Å². The molecule has 14 heavy (non-hydrogen) atoms. The fourth-order valence-corrected chi connectivity index (χ4v) is 3.02. The highest BCUT2D eigenvalue weighted by molar-refractivity contribution is 4.96. The van der Waals surface area contributed by atoms with Crippen LogP contribution < -0.4 is 11.1 Å². The number of nitrogens with two attached hydrogens (primary N) is 1. The highest BCUT2D eigenvalue weighted by Crippen LogP contribution is 2.40. The highest BCUT2D eigenvalue weighted by Gasteiger charge is 2.37. The van der Waals surface area contributed by atoms with Crippen LogP contribution >= 0.6 is 0 Å². The van der Waals surface area contributed by atoms with Crippen LogP contribution in [-0.2, 0) is 0 Å². The van der Waals surface area contributed by atoms with Crippen LogP contribution in [-0.4, -0.2) is 18.1 Å². The van der Waals surface area contributed by atoms with Crippen LogP contribution in [0, 0.1) is 5.41 Å². The van der Waals surface area contributed by atoms with E-state index in [2.05, 4.69) is 19.2 Å². The molecule has 0 aliphatic heterocycles. The van der Waals surface area contributed by atoms with Gasteiger partial charge in [-0.15, -0.1) is 0 Å². The van der Waals surface area contributed by atoms with Crippen molar-refractivity contribution in [1.82, 2.24) is 5.32 Å². The summed E-state index contributed by atoms with van der Waals surface area (Å²) in [6, 6.07) is 0.742. The van der Waals surface area contributed by atoms with E-state index in [0.29, 0.717) is 5.41 Å². The SMILES string of the molecule is CC1(C)CC(NCC2(N)CCCC2)C1. The van der Waals surface area contributed by atoms with Crippen LogP contribution in [0.15, 0.2) is 0 Å². The lowest BCUT2D eigenvalue weighted by Crippen LogP contribution is -2.53. The first-order valence-corrected chi connectivity index (χ1v) is 6.02. The average molecular weight is 196 g/mol. The Bertz CT molecular complexity index is 196. The molecule has 0 amide bonds. The van der Waals surface area contributed by atoms with Gasteiger partial charge in [0.2, 0.25) is 0 Å². The van der Waals surface area contributed by atoms with Gasteiger partial charge in [-0.1, -0.05) is 26.7 Å². The van der Waals surface area contributed by atoms with Crippen molar-refractivity contribution in [2.24, 2.45) is 11.1 Å². The van der Waals surface area contributed by atoms with E-state index in [9.17, 15) is 0 Å². The molecule has 2 rings (SSSR count). The molecule has 2 saturated carbocycles. The number of hydrogen-bond donors (Lipinski definition) is 2. The predicted molar refractivity (Wildman–Crippen MR) is 60.2 cm³/mol. The second-order valence-electron chi connectivity index (χ2n) is 6.22. The molecule has 0 radical (unpaired) electrons. The van der Waals surface area contributed by atoms with Crippen LogP contribution in [0.5, 0.6) is 0 Å². The maximum atomic E-state index is 6.29. The van der Waals surface area contributed by atoms with Gasteiger partial charge < -0.3 is 11.1 Å². The molecule has 2 aliphatic carbocycles. The number of nitrogens with one attached hydrogen (secondary N) is 1. The Kier molecular flexibility index (Phi) is 2.61. The maximum Gasteiger partial charge on any atom is 0.0280 e. The third-order valence-electron chi connectivity index (χ3n) is 3.94. The normalized spacial score (nSPS) is 30.2.